The van der Waals surface area contributed by atoms with Crippen molar-refractivity contribution in [3.63, 3.8) is 0 Å². The molecule has 1 heterocycles. The van der Waals surface area contributed by atoms with Gasteiger partial charge in [-0.25, -0.2) is 0 Å². The molecule has 1 aliphatic heterocycles. The summed E-state index contributed by atoms with van der Waals surface area (Å²) < 4.78 is 6.07. The van der Waals surface area contributed by atoms with Crippen LogP contribution in [-0.2, 0) is 9.53 Å². The Morgan fingerprint density at radius 2 is 2.11 bits per heavy atom. The Hall–Kier alpha value is -0.410. The molecule has 1 N–H and O–H groups in total. The highest BCUT2D eigenvalue weighted by Gasteiger charge is 2.40. The van der Waals surface area contributed by atoms with Gasteiger partial charge in [0.2, 0.25) is 0 Å². The van der Waals surface area contributed by atoms with Crippen LogP contribution in [0.5, 0.6) is 0 Å². The summed E-state index contributed by atoms with van der Waals surface area (Å²) in [5.41, 5.74) is 0.0538. The molecular weight excluding hydrogens is 238 g/mol. The molecule has 0 aromatic carbocycles. The van der Waals surface area contributed by atoms with E-state index in [-0.39, 0.29) is 11.5 Å². The van der Waals surface area contributed by atoms with Gasteiger partial charge in [0.15, 0.2) is 0 Å². The van der Waals surface area contributed by atoms with Crippen molar-refractivity contribution in [1.29, 1.82) is 0 Å². The molecule has 110 valence electrons. The Balaban J connectivity index is 1.87. The van der Waals surface area contributed by atoms with Gasteiger partial charge in [0.1, 0.15) is 5.78 Å². The molecule has 2 unspecified atom stereocenters. The van der Waals surface area contributed by atoms with Gasteiger partial charge in [-0.3, -0.25) is 4.79 Å². The van der Waals surface area contributed by atoms with Crippen molar-refractivity contribution in [2.75, 3.05) is 13.2 Å². The van der Waals surface area contributed by atoms with Crippen molar-refractivity contribution >= 4 is 5.78 Å². The topological polar surface area (TPSA) is 38.3 Å². The van der Waals surface area contributed by atoms with Crippen LogP contribution in [0.3, 0.4) is 0 Å². The predicted octanol–water partition coefficient (Wildman–Crippen LogP) is 3.07. The minimum Gasteiger partial charge on any atom is -0.375 e. The van der Waals surface area contributed by atoms with Gasteiger partial charge in [0, 0.05) is 25.0 Å². The standard InChI is InChI=1S/C16H29NO2/c1-3-17-13(2)11-15(18)14-7-10-19-16(12-14)8-5-4-6-9-16/h13-14,17H,3-12H2,1-2H3. The van der Waals surface area contributed by atoms with Crippen LogP contribution in [0.15, 0.2) is 0 Å². The number of rotatable bonds is 5. The van der Waals surface area contributed by atoms with Crippen molar-refractivity contribution in [2.24, 2.45) is 5.92 Å². The maximum Gasteiger partial charge on any atom is 0.137 e. The zero-order valence-corrected chi connectivity index (χ0v) is 12.5. The second-order valence-corrected chi connectivity index (χ2v) is 6.41. The summed E-state index contributed by atoms with van der Waals surface area (Å²) in [6.07, 6.45) is 8.79. The first-order valence-electron chi connectivity index (χ1n) is 8.05. The van der Waals surface area contributed by atoms with Gasteiger partial charge < -0.3 is 10.1 Å². The van der Waals surface area contributed by atoms with Crippen LogP contribution < -0.4 is 5.32 Å². The highest BCUT2D eigenvalue weighted by atomic mass is 16.5. The van der Waals surface area contributed by atoms with Gasteiger partial charge >= 0.3 is 0 Å². The van der Waals surface area contributed by atoms with Gasteiger partial charge in [-0.2, -0.15) is 0 Å². The maximum atomic E-state index is 12.4. The largest absolute Gasteiger partial charge is 0.375 e. The third-order valence-electron chi connectivity index (χ3n) is 4.77. The van der Waals surface area contributed by atoms with E-state index in [9.17, 15) is 4.79 Å². The molecule has 1 aliphatic carbocycles. The molecule has 19 heavy (non-hydrogen) atoms. The zero-order chi connectivity index (χ0) is 13.7. The molecule has 2 atom stereocenters. The van der Waals surface area contributed by atoms with Crippen LogP contribution in [-0.4, -0.2) is 30.6 Å². The molecule has 2 rings (SSSR count). The molecule has 2 aliphatic rings. The lowest BCUT2D eigenvalue weighted by molar-refractivity contribution is -0.143. The smallest absolute Gasteiger partial charge is 0.137 e. The number of Topliss-reactive ketones (excluding diaryl/α,β-unsaturated/α-hetero) is 1. The number of hydrogen-bond donors (Lipinski definition) is 1. The molecule has 0 aromatic rings. The highest BCUT2D eigenvalue weighted by molar-refractivity contribution is 5.81. The van der Waals surface area contributed by atoms with E-state index in [1.54, 1.807) is 0 Å². The number of ether oxygens (including phenoxy) is 1. The molecule has 2 fully saturated rings. The summed E-state index contributed by atoms with van der Waals surface area (Å²) in [5.74, 6) is 0.689. The molecule has 3 nitrogen and oxygen atoms in total. The number of ketones is 1. The van der Waals surface area contributed by atoms with E-state index < -0.39 is 0 Å². The average molecular weight is 267 g/mol. The fourth-order valence-electron chi connectivity index (χ4n) is 3.74. The number of nitrogens with one attached hydrogen (secondary N) is 1. The van der Waals surface area contributed by atoms with Crippen LogP contribution >= 0.6 is 0 Å². The summed E-state index contributed by atoms with van der Waals surface area (Å²) in [6, 6.07) is 0.308. The third kappa shape index (κ3) is 4.03. The van der Waals surface area contributed by atoms with Crippen LogP contribution in [0.1, 0.15) is 65.2 Å². The van der Waals surface area contributed by atoms with Gasteiger partial charge in [-0.1, -0.05) is 26.2 Å². The van der Waals surface area contributed by atoms with Gasteiger partial charge in [0.25, 0.3) is 0 Å². The zero-order valence-electron chi connectivity index (χ0n) is 12.5. The lowest BCUT2D eigenvalue weighted by atomic mass is 9.74. The molecule has 1 saturated carbocycles. The van der Waals surface area contributed by atoms with Crippen LogP contribution in [0.2, 0.25) is 0 Å². The van der Waals surface area contributed by atoms with Crippen molar-refractivity contribution in [1.82, 2.24) is 5.32 Å². The normalized spacial score (nSPS) is 28.2. The summed E-state index contributed by atoms with van der Waals surface area (Å²) in [4.78, 5) is 12.4. The maximum absolute atomic E-state index is 12.4. The van der Waals surface area contributed by atoms with Crippen LogP contribution in [0.25, 0.3) is 0 Å². The van der Waals surface area contributed by atoms with Crippen LogP contribution in [0, 0.1) is 5.92 Å². The monoisotopic (exact) mass is 267 g/mol. The molecule has 0 aromatic heterocycles. The van der Waals surface area contributed by atoms with Crippen molar-refractivity contribution < 1.29 is 9.53 Å². The first kappa shape index (κ1) is 15.0. The minimum atomic E-state index is 0.0538. The number of hydrogen-bond acceptors (Lipinski definition) is 3. The minimum absolute atomic E-state index is 0.0538. The van der Waals surface area contributed by atoms with E-state index in [1.807, 2.05) is 0 Å². The lowest BCUT2D eigenvalue weighted by Crippen LogP contribution is -2.44. The van der Waals surface area contributed by atoms with Crippen molar-refractivity contribution in [2.45, 2.75) is 76.9 Å². The molecule has 0 bridgehead atoms. The van der Waals surface area contributed by atoms with E-state index in [0.29, 0.717) is 18.2 Å². The summed E-state index contributed by atoms with van der Waals surface area (Å²) in [5, 5.41) is 3.33. The van der Waals surface area contributed by atoms with Gasteiger partial charge in [-0.05, 0) is 39.2 Å². The van der Waals surface area contributed by atoms with E-state index in [4.69, 9.17) is 4.74 Å². The van der Waals surface area contributed by atoms with Gasteiger partial charge in [-0.15, -0.1) is 0 Å². The fourth-order valence-corrected chi connectivity index (χ4v) is 3.74. The Morgan fingerprint density at radius 1 is 1.37 bits per heavy atom. The van der Waals surface area contributed by atoms with Gasteiger partial charge in [0.05, 0.1) is 5.60 Å². The molecule has 0 radical (unpaired) electrons. The second kappa shape index (κ2) is 6.85. The summed E-state index contributed by atoms with van der Waals surface area (Å²) >= 11 is 0. The summed E-state index contributed by atoms with van der Waals surface area (Å²) in [7, 11) is 0. The van der Waals surface area contributed by atoms with E-state index >= 15 is 0 Å². The molecule has 1 saturated heterocycles. The number of carbonyl (C=O) groups is 1. The summed E-state index contributed by atoms with van der Waals surface area (Å²) in [6.45, 7) is 5.92. The van der Waals surface area contributed by atoms with E-state index in [1.165, 1.54) is 32.1 Å². The van der Waals surface area contributed by atoms with Crippen LogP contribution in [0.4, 0.5) is 0 Å². The lowest BCUT2D eigenvalue weighted by Gasteiger charge is -2.43. The first-order chi connectivity index (χ1) is 9.15. The average Bonchev–Trinajstić information content (AvgIpc) is 2.40. The van der Waals surface area contributed by atoms with E-state index in [2.05, 4.69) is 19.2 Å². The molecule has 3 heteroatoms. The highest BCUT2D eigenvalue weighted by Crippen LogP contribution is 2.41. The Bertz CT molecular complexity index is 292. The SMILES string of the molecule is CCNC(C)CC(=O)C1CCOC2(CCCCC2)C1. The number of carbonyl (C=O) groups excluding carboxylic acids is 1. The quantitative estimate of drug-likeness (QED) is 0.832. The van der Waals surface area contributed by atoms with Crippen molar-refractivity contribution in [3.8, 4) is 0 Å². The Kier molecular flexibility index (Phi) is 5.40. The third-order valence-corrected chi connectivity index (χ3v) is 4.77. The van der Waals surface area contributed by atoms with Crippen molar-refractivity contribution in [3.05, 3.63) is 0 Å². The Labute approximate surface area is 117 Å². The fraction of sp³-hybridized carbons (Fsp3) is 0.938. The molecule has 0 amide bonds. The second-order valence-electron chi connectivity index (χ2n) is 6.41. The first-order valence-corrected chi connectivity index (χ1v) is 8.05. The predicted molar refractivity (Wildman–Crippen MR) is 77.3 cm³/mol. The Morgan fingerprint density at radius 3 is 2.79 bits per heavy atom. The van der Waals surface area contributed by atoms with E-state index in [0.717, 1.165) is 26.0 Å². The molecular formula is C16H29NO2. The molecule has 1 spiro atoms.